The van der Waals surface area contributed by atoms with Gasteiger partial charge in [-0.15, -0.1) is 11.3 Å². The smallest absolute Gasteiger partial charge is 0.0637 e. The molecular formula is C12H11BrClNS. The van der Waals surface area contributed by atoms with Crippen LogP contribution in [0, 0.1) is 0 Å². The fourth-order valence-electron chi connectivity index (χ4n) is 1.49. The fourth-order valence-corrected chi connectivity index (χ4v) is 3.41. The van der Waals surface area contributed by atoms with Gasteiger partial charge < -0.3 is 5.32 Å². The van der Waals surface area contributed by atoms with E-state index >= 15 is 0 Å². The predicted octanol–water partition coefficient (Wildman–Crippen LogP) is 5.34. The van der Waals surface area contributed by atoms with Gasteiger partial charge in [0.25, 0.3) is 0 Å². The van der Waals surface area contributed by atoms with Gasteiger partial charge in [0.1, 0.15) is 0 Å². The van der Waals surface area contributed by atoms with E-state index in [1.807, 2.05) is 24.3 Å². The highest BCUT2D eigenvalue weighted by molar-refractivity contribution is 9.10. The molecule has 16 heavy (non-hydrogen) atoms. The molecule has 1 N–H and O–H groups in total. The molecule has 1 heterocycles. The molecule has 0 fully saturated rings. The van der Waals surface area contributed by atoms with Crippen molar-refractivity contribution >= 4 is 44.6 Å². The zero-order chi connectivity index (χ0) is 11.5. The minimum Gasteiger partial charge on any atom is -0.376 e. The number of anilines is 1. The highest BCUT2D eigenvalue weighted by Gasteiger charge is 2.11. The lowest BCUT2D eigenvalue weighted by Gasteiger charge is -2.15. The summed E-state index contributed by atoms with van der Waals surface area (Å²) in [7, 11) is 0. The maximum Gasteiger partial charge on any atom is 0.0637 e. The molecule has 0 radical (unpaired) electrons. The molecule has 4 heteroatoms. The Hall–Kier alpha value is -0.510. The molecule has 0 aliphatic rings. The van der Waals surface area contributed by atoms with E-state index in [0.29, 0.717) is 0 Å². The van der Waals surface area contributed by atoms with Crippen LogP contribution in [0.15, 0.2) is 40.2 Å². The Kier molecular flexibility index (Phi) is 3.90. The quantitative estimate of drug-likeness (QED) is 0.806. The van der Waals surface area contributed by atoms with Crippen molar-refractivity contribution in [3.05, 3.63) is 50.1 Å². The number of nitrogens with one attached hydrogen (secondary N) is 1. The number of hydrogen-bond donors (Lipinski definition) is 1. The second-order valence-electron chi connectivity index (χ2n) is 3.48. The Bertz CT molecular complexity index is 483. The van der Waals surface area contributed by atoms with Gasteiger partial charge in [-0.2, -0.15) is 0 Å². The standard InChI is InChI=1S/C12H11BrClNS/c1-8(12-9(13)6-7-16-12)15-11-5-3-2-4-10(11)14/h2-8,15H,1H3. The molecule has 1 unspecified atom stereocenters. The summed E-state index contributed by atoms with van der Waals surface area (Å²) >= 11 is 11.4. The van der Waals surface area contributed by atoms with E-state index in [1.165, 1.54) is 4.88 Å². The summed E-state index contributed by atoms with van der Waals surface area (Å²) in [5.74, 6) is 0. The van der Waals surface area contributed by atoms with E-state index in [-0.39, 0.29) is 6.04 Å². The van der Waals surface area contributed by atoms with Crippen molar-refractivity contribution in [1.82, 2.24) is 0 Å². The Morgan fingerprint density at radius 1 is 1.31 bits per heavy atom. The van der Waals surface area contributed by atoms with E-state index in [4.69, 9.17) is 11.6 Å². The minimum absolute atomic E-state index is 0.245. The third kappa shape index (κ3) is 2.59. The van der Waals surface area contributed by atoms with E-state index in [0.717, 1.165) is 15.2 Å². The third-order valence-electron chi connectivity index (χ3n) is 2.28. The molecule has 2 aromatic rings. The Morgan fingerprint density at radius 3 is 2.69 bits per heavy atom. The molecule has 0 bridgehead atoms. The van der Waals surface area contributed by atoms with Crippen molar-refractivity contribution in [1.29, 1.82) is 0 Å². The van der Waals surface area contributed by atoms with E-state index < -0.39 is 0 Å². The fraction of sp³-hybridized carbons (Fsp3) is 0.167. The van der Waals surface area contributed by atoms with Crippen molar-refractivity contribution in [2.24, 2.45) is 0 Å². The zero-order valence-electron chi connectivity index (χ0n) is 8.71. The molecule has 0 aliphatic heterocycles. The van der Waals surface area contributed by atoms with Gasteiger partial charge in [0.05, 0.1) is 16.8 Å². The van der Waals surface area contributed by atoms with Crippen LogP contribution in [0.1, 0.15) is 17.8 Å². The van der Waals surface area contributed by atoms with E-state index in [1.54, 1.807) is 11.3 Å². The molecule has 1 aromatic carbocycles. The monoisotopic (exact) mass is 315 g/mol. The van der Waals surface area contributed by atoms with Gasteiger partial charge >= 0.3 is 0 Å². The normalized spacial score (nSPS) is 12.4. The number of hydrogen-bond acceptors (Lipinski definition) is 2. The largest absolute Gasteiger partial charge is 0.376 e. The summed E-state index contributed by atoms with van der Waals surface area (Å²) < 4.78 is 1.14. The SMILES string of the molecule is CC(Nc1ccccc1Cl)c1sccc1Br. The van der Waals surface area contributed by atoms with E-state index in [2.05, 4.69) is 39.6 Å². The van der Waals surface area contributed by atoms with Gasteiger partial charge in [-0.05, 0) is 46.4 Å². The Morgan fingerprint density at radius 2 is 2.06 bits per heavy atom. The van der Waals surface area contributed by atoms with Crippen LogP contribution in [0.3, 0.4) is 0 Å². The lowest BCUT2D eigenvalue weighted by Crippen LogP contribution is -2.05. The molecule has 1 atom stereocenters. The number of thiophene rings is 1. The first kappa shape index (κ1) is 12.0. The zero-order valence-corrected chi connectivity index (χ0v) is 11.9. The number of benzene rings is 1. The second-order valence-corrected chi connectivity index (χ2v) is 5.69. The lowest BCUT2D eigenvalue weighted by molar-refractivity contribution is 0.903. The van der Waals surface area contributed by atoms with Gasteiger partial charge in [-0.1, -0.05) is 23.7 Å². The topological polar surface area (TPSA) is 12.0 Å². The Labute approximate surface area is 113 Å². The summed E-state index contributed by atoms with van der Waals surface area (Å²) in [6.07, 6.45) is 0. The summed E-state index contributed by atoms with van der Waals surface area (Å²) in [5.41, 5.74) is 0.969. The number of rotatable bonds is 3. The highest BCUT2D eigenvalue weighted by Crippen LogP contribution is 2.32. The Balaban J connectivity index is 2.17. The minimum atomic E-state index is 0.245. The molecule has 1 aromatic heterocycles. The van der Waals surface area contributed by atoms with Crippen LogP contribution < -0.4 is 5.32 Å². The molecule has 0 saturated carbocycles. The highest BCUT2D eigenvalue weighted by atomic mass is 79.9. The van der Waals surface area contributed by atoms with Crippen molar-refractivity contribution in [2.45, 2.75) is 13.0 Å². The van der Waals surface area contributed by atoms with Crippen LogP contribution in [-0.2, 0) is 0 Å². The number of para-hydroxylation sites is 1. The molecule has 0 saturated heterocycles. The van der Waals surface area contributed by atoms with Gasteiger partial charge in [0, 0.05) is 9.35 Å². The molecule has 1 nitrogen and oxygen atoms in total. The maximum absolute atomic E-state index is 6.10. The molecule has 0 aliphatic carbocycles. The van der Waals surface area contributed by atoms with Gasteiger partial charge in [-0.25, -0.2) is 0 Å². The molecule has 0 amide bonds. The molecular weight excluding hydrogens is 306 g/mol. The van der Waals surface area contributed by atoms with Crippen LogP contribution in [0.2, 0.25) is 5.02 Å². The third-order valence-corrected chi connectivity index (χ3v) is 4.67. The van der Waals surface area contributed by atoms with Crippen molar-refractivity contribution in [3.63, 3.8) is 0 Å². The molecule has 0 spiro atoms. The maximum atomic E-state index is 6.10. The number of halogens is 2. The van der Waals surface area contributed by atoms with Gasteiger partial charge in [-0.3, -0.25) is 0 Å². The average molecular weight is 317 g/mol. The van der Waals surface area contributed by atoms with Crippen LogP contribution in [0.4, 0.5) is 5.69 Å². The van der Waals surface area contributed by atoms with E-state index in [9.17, 15) is 0 Å². The summed E-state index contributed by atoms with van der Waals surface area (Å²) in [4.78, 5) is 1.28. The summed E-state index contributed by atoms with van der Waals surface area (Å²) in [6, 6.07) is 10.1. The lowest BCUT2D eigenvalue weighted by atomic mass is 10.2. The molecule has 2 rings (SSSR count). The summed E-state index contributed by atoms with van der Waals surface area (Å²) in [6.45, 7) is 2.12. The van der Waals surface area contributed by atoms with Gasteiger partial charge in [0.15, 0.2) is 0 Å². The first-order chi connectivity index (χ1) is 7.68. The van der Waals surface area contributed by atoms with Gasteiger partial charge in [0.2, 0.25) is 0 Å². The van der Waals surface area contributed by atoms with Crippen LogP contribution in [-0.4, -0.2) is 0 Å². The van der Waals surface area contributed by atoms with Crippen molar-refractivity contribution in [2.75, 3.05) is 5.32 Å². The first-order valence-corrected chi connectivity index (χ1v) is 6.97. The van der Waals surface area contributed by atoms with Crippen molar-refractivity contribution < 1.29 is 0 Å². The second kappa shape index (κ2) is 5.21. The predicted molar refractivity (Wildman–Crippen MR) is 75.5 cm³/mol. The van der Waals surface area contributed by atoms with Crippen molar-refractivity contribution in [3.8, 4) is 0 Å². The summed E-state index contributed by atoms with van der Waals surface area (Å²) in [5, 5.41) is 6.23. The first-order valence-electron chi connectivity index (χ1n) is 4.92. The van der Waals surface area contributed by atoms with Crippen LogP contribution in [0.25, 0.3) is 0 Å². The van der Waals surface area contributed by atoms with Crippen LogP contribution >= 0.6 is 38.9 Å². The average Bonchev–Trinajstić information content (AvgIpc) is 2.68. The molecule has 84 valence electrons. The van der Waals surface area contributed by atoms with Crippen LogP contribution in [0.5, 0.6) is 0 Å².